The van der Waals surface area contributed by atoms with Gasteiger partial charge in [0.15, 0.2) is 0 Å². The minimum Gasteiger partial charge on any atom is -0.339 e. The maximum Gasteiger partial charge on any atom is 0.213 e. The van der Waals surface area contributed by atoms with Crippen LogP contribution in [0.4, 0.5) is 11.4 Å². The zero-order valence-electron chi connectivity index (χ0n) is 13.3. The van der Waals surface area contributed by atoms with Gasteiger partial charge in [-0.05, 0) is 36.8 Å². The number of ketones is 1. The second-order valence-electron chi connectivity index (χ2n) is 5.78. The molecule has 0 aromatic heterocycles. The van der Waals surface area contributed by atoms with Gasteiger partial charge >= 0.3 is 0 Å². The molecule has 0 saturated carbocycles. The summed E-state index contributed by atoms with van der Waals surface area (Å²) in [4.78, 5) is 17.1. The Labute approximate surface area is 136 Å². The predicted octanol–water partition coefficient (Wildman–Crippen LogP) is 4.08. The Bertz CT molecular complexity index is 863. The zero-order chi connectivity index (χ0) is 16.0. The molecular formula is C20H18N2O. The first-order chi connectivity index (χ1) is 11.2. The molecule has 0 atom stereocenters. The number of carbonyl (C=O) groups is 1. The maximum absolute atomic E-state index is 12.9. The molecule has 0 aliphatic carbocycles. The van der Waals surface area contributed by atoms with Crippen molar-refractivity contribution >= 4 is 23.2 Å². The molecule has 0 spiro atoms. The van der Waals surface area contributed by atoms with E-state index in [0.717, 1.165) is 34.9 Å². The highest BCUT2D eigenvalue weighted by atomic mass is 16.1. The quantitative estimate of drug-likeness (QED) is 0.741. The standard InChI is InChI=1S/C20H18N2O/c1-3-22-16-10-6-4-8-14(16)12-13-18(22)19-20(23)15-9-5-7-11-17(15)21(19)2/h4-13H,3H2,1-2H3/b19-18+. The van der Waals surface area contributed by atoms with Gasteiger partial charge < -0.3 is 9.80 Å². The Morgan fingerprint density at radius 1 is 0.913 bits per heavy atom. The number of anilines is 2. The molecule has 0 bridgehead atoms. The van der Waals surface area contributed by atoms with Crippen LogP contribution >= 0.6 is 0 Å². The van der Waals surface area contributed by atoms with E-state index in [4.69, 9.17) is 0 Å². The second kappa shape index (κ2) is 5.13. The number of benzene rings is 2. The van der Waals surface area contributed by atoms with E-state index in [1.54, 1.807) is 0 Å². The Morgan fingerprint density at radius 2 is 1.61 bits per heavy atom. The average molecular weight is 302 g/mol. The molecule has 0 fully saturated rings. The minimum absolute atomic E-state index is 0.0978. The summed E-state index contributed by atoms with van der Waals surface area (Å²) < 4.78 is 0. The first kappa shape index (κ1) is 13.8. The average Bonchev–Trinajstić information content (AvgIpc) is 2.85. The molecule has 4 rings (SSSR count). The molecule has 2 aromatic carbocycles. The predicted molar refractivity (Wildman–Crippen MR) is 94.7 cm³/mol. The van der Waals surface area contributed by atoms with Gasteiger partial charge in [-0.25, -0.2) is 0 Å². The van der Waals surface area contributed by atoms with Crippen molar-refractivity contribution in [3.63, 3.8) is 0 Å². The number of carbonyl (C=O) groups excluding carboxylic acids is 1. The summed E-state index contributed by atoms with van der Waals surface area (Å²) in [6, 6.07) is 16.1. The lowest BCUT2D eigenvalue weighted by atomic mass is 10.0. The van der Waals surface area contributed by atoms with Crippen LogP contribution in [-0.4, -0.2) is 19.4 Å². The number of nitrogens with zero attached hydrogens (tertiary/aromatic N) is 2. The van der Waals surface area contributed by atoms with E-state index in [-0.39, 0.29) is 5.78 Å². The van der Waals surface area contributed by atoms with E-state index in [1.165, 1.54) is 5.56 Å². The monoisotopic (exact) mass is 302 g/mol. The van der Waals surface area contributed by atoms with Gasteiger partial charge in [0, 0.05) is 24.8 Å². The van der Waals surface area contributed by atoms with Gasteiger partial charge in [-0.15, -0.1) is 0 Å². The summed E-state index contributed by atoms with van der Waals surface area (Å²) in [5.41, 5.74) is 5.80. The molecule has 2 heterocycles. The molecule has 3 heteroatoms. The van der Waals surface area contributed by atoms with Crippen LogP contribution in [0, 0.1) is 0 Å². The van der Waals surface area contributed by atoms with Crippen molar-refractivity contribution in [1.82, 2.24) is 0 Å². The lowest BCUT2D eigenvalue weighted by molar-refractivity contribution is 0.103. The molecule has 0 radical (unpaired) electrons. The summed E-state index contributed by atoms with van der Waals surface area (Å²) in [7, 11) is 1.97. The molecule has 2 aliphatic heterocycles. The molecule has 2 aromatic rings. The van der Waals surface area contributed by atoms with Crippen molar-refractivity contribution in [2.75, 3.05) is 23.4 Å². The molecular weight excluding hydrogens is 284 g/mol. The number of allylic oxidation sites excluding steroid dienone is 2. The van der Waals surface area contributed by atoms with Crippen LogP contribution in [0.1, 0.15) is 22.8 Å². The molecule has 0 N–H and O–H groups in total. The van der Waals surface area contributed by atoms with E-state index in [2.05, 4.69) is 36.1 Å². The summed E-state index contributed by atoms with van der Waals surface area (Å²) >= 11 is 0. The second-order valence-corrected chi connectivity index (χ2v) is 5.78. The molecule has 0 amide bonds. The van der Waals surface area contributed by atoms with E-state index in [0.29, 0.717) is 0 Å². The maximum atomic E-state index is 12.9. The number of rotatable bonds is 1. The number of fused-ring (bicyclic) bond motifs is 2. The lowest BCUT2D eigenvalue weighted by Gasteiger charge is -2.31. The SMILES string of the molecule is CCN1/C(=C2\C(=O)c3ccccc3N2C)C=Cc2ccccc21. The number of likely N-dealkylation sites (N-methyl/N-ethyl adjacent to an activating group) is 2. The van der Waals surface area contributed by atoms with E-state index < -0.39 is 0 Å². The van der Waals surface area contributed by atoms with Crippen molar-refractivity contribution in [2.24, 2.45) is 0 Å². The third-order valence-electron chi connectivity index (χ3n) is 4.56. The number of hydrogen-bond donors (Lipinski definition) is 0. The largest absolute Gasteiger partial charge is 0.339 e. The molecule has 3 nitrogen and oxygen atoms in total. The topological polar surface area (TPSA) is 23.6 Å². The van der Waals surface area contributed by atoms with Crippen LogP contribution in [0.3, 0.4) is 0 Å². The molecule has 23 heavy (non-hydrogen) atoms. The van der Waals surface area contributed by atoms with Crippen LogP contribution in [-0.2, 0) is 0 Å². The highest BCUT2D eigenvalue weighted by Gasteiger charge is 2.34. The van der Waals surface area contributed by atoms with Crippen molar-refractivity contribution < 1.29 is 4.79 Å². The molecule has 114 valence electrons. The normalized spacial score (nSPS) is 19.1. The fourth-order valence-corrected chi connectivity index (χ4v) is 3.46. The summed E-state index contributed by atoms with van der Waals surface area (Å²) in [5.74, 6) is 0.0978. The smallest absolute Gasteiger partial charge is 0.213 e. The zero-order valence-corrected chi connectivity index (χ0v) is 13.3. The fourth-order valence-electron chi connectivity index (χ4n) is 3.46. The van der Waals surface area contributed by atoms with Gasteiger partial charge in [-0.1, -0.05) is 36.4 Å². The molecule has 0 unspecified atom stereocenters. The first-order valence-electron chi connectivity index (χ1n) is 7.88. The third kappa shape index (κ3) is 1.93. The van der Waals surface area contributed by atoms with Crippen LogP contribution in [0.2, 0.25) is 0 Å². The summed E-state index contributed by atoms with van der Waals surface area (Å²) in [6.45, 7) is 2.93. The lowest BCUT2D eigenvalue weighted by Crippen LogP contribution is -2.29. The Morgan fingerprint density at radius 3 is 2.35 bits per heavy atom. The van der Waals surface area contributed by atoms with E-state index in [1.807, 2.05) is 48.3 Å². The molecule has 0 saturated heterocycles. The Hall–Kier alpha value is -2.81. The van der Waals surface area contributed by atoms with Gasteiger partial charge in [-0.3, -0.25) is 4.79 Å². The van der Waals surface area contributed by atoms with Crippen molar-refractivity contribution in [3.8, 4) is 0 Å². The molecule has 2 aliphatic rings. The van der Waals surface area contributed by atoms with E-state index in [9.17, 15) is 4.79 Å². The van der Waals surface area contributed by atoms with Crippen molar-refractivity contribution in [3.05, 3.63) is 77.1 Å². The van der Waals surface area contributed by atoms with Gasteiger partial charge in [0.05, 0.1) is 11.4 Å². The van der Waals surface area contributed by atoms with Gasteiger partial charge in [-0.2, -0.15) is 0 Å². The van der Waals surface area contributed by atoms with Crippen LogP contribution in [0.5, 0.6) is 0 Å². The van der Waals surface area contributed by atoms with E-state index >= 15 is 0 Å². The summed E-state index contributed by atoms with van der Waals surface area (Å²) in [5, 5.41) is 0. The van der Waals surface area contributed by atoms with Gasteiger partial charge in [0.2, 0.25) is 5.78 Å². The van der Waals surface area contributed by atoms with Crippen LogP contribution < -0.4 is 9.80 Å². The highest BCUT2D eigenvalue weighted by molar-refractivity contribution is 6.20. The number of hydrogen-bond acceptors (Lipinski definition) is 3. The summed E-state index contributed by atoms with van der Waals surface area (Å²) in [6.07, 6.45) is 4.15. The van der Waals surface area contributed by atoms with Gasteiger partial charge in [0.1, 0.15) is 5.70 Å². The van der Waals surface area contributed by atoms with Crippen LogP contribution in [0.15, 0.2) is 66.0 Å². The Kier molecular flexibility index (Phi) is 3.08. The first-order valence-corrected chi connectivity index (χ1v) is 7.88. The number of para-hydroxylation sites is 2. The van der Waals surface area contributed by atoms with Crippen molar-refractivity contribution in [1.29, 1.82) is 0 Å². The third-order valence-corrected chi connectivity index (χ3v) is 4.56. The fraction of sp³-hybridized carbons (Fsp3) is 0.150. The minimum atomic E-state index is 0.0978. The van der Waals surface area contributed by atoms with Gasteiger partial charge in [0.25, 0.3) is 0 Å². The highest BCUT2D eigenvalue weighted by Crippen LogP contribution is 2.39. The Balaban J connectivity index is 1.91. The van der Waals surface area contributed by atoms with Crippen LogP contribution in [0.25, 0.3) is 6.08 Å². The number of Topliss-reactive ketones (excluding diaryl/α,β-unsaturated/α-hetero) is 1. The van der Waals surface area contributed by atoms with Crippen molar-refractivity contribution in [2.45, 2.75) is 6.92 Å².